The van der Waals surface area contributed by atoms with Crippen LogP contribution in [0.2, 0.25) is 0 Å². The zero-order valence-corrected chi connectivity index (χ0v) is 34.2. The maximum absolute atomic E-state index is 5.20. The van der Waals surface area contributed by atoms with E-state index in [4.69, 9.17) is 19.9 Å². The molecule has 11 aromatic rings. The van der Waals surface area contributed by atoms with Gasteiger partial charge in [-0.15, -0.1) is 0 Å². The topological polar surface area (TPSA) is 56.5 Å². The van der Waals surface area contributed by atoms with Crippen molar-refractivity contribution in [1.29, 1.82) is 0 Å². The van der Waals surface area contributed by atoms with Crippen molar-refractivity contribution in [2.24, 2.45) is 0 Å². The fraction of sp³-hybridized carbons (Fsp3) is 0.0545. The van der Waals surface area contributed by atoms with Crippen molar-refractivity contribution < 1.29 is 0 Å². The van der Waals surface area contributed by atoms with Gasteiger partial charge in [0.25, 0.3) is 0 Å². The van der Waals surface area contributed by atoms with Gasteiger partial charge in [0.2, 0.25) is 5.95 Å². The molecule has 0 fully saturated rings. The summed E-state index contributed by atoms with van der Waals surface area (Å²) in [5.74, 6) is 1.85. The van der Waals surface area contributed by atoms with Crippen LogP contribution in [0.5, 0.6) is 0 Å². The zero-order chi connectivity index (χ0) is 40.4. The summed E-state index contributed by atoms with van der Waals surface area (Å²) in [5, 5.41) is 8.39. The Balaban J connectivity index is 1.03. The van der Waals surface area contributed by atoms with Crippen LogP contribution in [-0.4, -0.2) is 24.5 Å². The summed E-state index contributed by atoms with van der Waals surface area (Å²) < 4.78 is 2.22. The number of hydrogen-bond donors (Lipinski definition) is 0. The van der Waals surface area contributed by atoms with Crippen molar-refractivity contribution in [2.45, 2.75) is 29.2 Å². The number of nitrogens with zero attached hydrogens (tertiary/aromatic N) is 5. The molecule has 0 spiro atoms. The molecule has 0 saturated heterocycles. The summed E-state index contributed by atoms with van der Waals surface area (Å²) in [4.78, 5) is 21.5. The van der Waals surface area contributed by atoms with Crippen LogP contribution in [0.15, 0.2) is 186 Å². The number of hydrogen-bond acceptors (Lipinski definition) is 5. The van der Waals surface area contributed by atoms with Gasteiger partial charge in [0.1, 0.15) is 5.03 Å². The van der Waals surface area contributed by atoms with E-state index in [1.54, 1.807) is 11.8 Å². The van der Waals surface area contributed by atoms with Crippen LogP contribution in [-0.2, 0) is 5.41 Å². The molecule has 0 unspecified atom stereocenters. The highest BCUT2D eigenvalue weighted by molar-refractivity contribution is 7.99. The van der Waals surface area contributed by atoms with E-state index in [1.165, 1.54) is 60.0 Å². The highest BCUT2D eigenvalue weighted by Crippen LogP contribution is 2.57. The van der Waals surface area contributed by atoms with Gasteiger partial charge in [0, 0.05) is 49.4 Å². The Morgan fingerprint density at radius 3 is 1.93 bits per heavy atom. The molecule has 61 heavy (non-hydrogen) atoms. The van der Waals surface area contributed by atoms with Gasteiger partial charge in [-0.2, -0.15) is 9.97 Å². The summed E-state index contributed by atoms with van der Waals surface area (Å²) >= 11 is 1.78. The molecule has 286 valence electrons. The molecule has 8 aromatic carbocycles. The van der Waals surface area contributed by atoms with E-state index in [1.807, 2.05) is 42.6 Å². The second-order valence-electron chi connectivity index (χ2n) is 16.7. The van der Waals surface area contributed by atoms with Crippen LogP contribution >= 0.6 is 11.8 Å². The lowest BCUT2D eigenvalue weighted by atomic mass is 9.79. The third-order valence-electron chi connectivity index (χ3n) is 12.9. The molecular weight excluding hydrogens is 763 g/mol. The van der Waals surface area contributed by atoms with Gasteiger partial charge in [0.15, 0.2) is 11.6 Å². The summed E-state index contributed by atoms with van der Waals surface area (Å²) in [5.41, 5.74) is 14.0. The fourth-order valence-corrected chi connectivity index (χ4v) is 11.1. The van der Waals surface area contributed by atoms with Crippen LogP contribution in [0, 0.1) is 0 Å². The molecule has 6 heteroatoms. The van der Waals surface area contributed by atoms with Gasteiger partial charge in [-0.3, -0.25) is 4.57 Å². The van der Waals surface area contributed by atoms with Crippen LogP contribution in [0.3, 0.4) is 0 Å². The Morgan fingerprint density at radius 1 is 0.475 bits per heavy atom. The fourth-order valence-electron chi connectivity index (χ4n) is 10.0. The summed E-state index contributed by atoms with van der Waals surface area (Å²) in [6, 6.07) is 61.0. The Kier molecular flexibility index (Phi) is 7.23. The lowest BCUT2D eigenvalue weighted by molar-refractivity contribution is 0.666. The van der Waals surface area contributed by atoms with Crippen molar-refractivity contribution in [3.8, 4) is 62.1 Å². The van der Waals surface area contributed by atoms with Crippen molar-refractivity contribution in [3.63, 3.8) is 0 Å². The standard InChI is InChI=1S/C55H35N5S/c1-55(2)45-24-22-36(27-40(45)44-31-43-38-20-12-26-56-53(38)61-48-21-11-19-39(49(43)48)50(44)55)37-23-25-46-41(29-37)42-28-34-17-9-10-18-35(34)30-47(42)60(46)54-58-51(32-13-5-3-6-14-32)57-52(59-54)33-15-7-4-8-16-33/h3-31H,1-2H3. The van der Waals surface area contributed by atoms with Crippen LogP contribution in [0.25, 0.3) is 105 Å². The molecular formula is C55H35N5S. The highest BCUT2D eigenvalue weighted by Gasteiger charge is 2.39. The maximum atomic E-state index is 5.20. The molecule has 1 aliphatic heterocycles. The van der Waals surface area contributed by atoms with E-state index >= 15 is 0 Å². The minimum atomic E-state index is -0.166. The molecule has 0 saturated carbocycles. The van der Waals surface area contributed by atoms with Crippen LogP contribution in [0.1, 0.15) is 25.0 Å². The van der Waals surface area contributed by atoms with Crippen molar-refractivity contribution in [3.05, 3.63) is 187 Å². The first-order chi connectivity index (χ1) is 30.0. The van der Waals surface area contributed by atoms with Crippen LogP contribution < -0.4 is 0 Å². The SMILES string of the molecule is CC1(C)c2ccc(-c3ccc4c(c3)c3cc5ccccc5cc3n4-c3nc(-c4ccccc4)nc(-c4ccccc4)n3)cc2-c2cc3c4c(cccc4c21)Sc1ncccc1-3. The predicted octanol–water partition coefficient (Wildman–Crippen LogP) is 14.1. The molecule has 0 amide bonds. The third-order valence-corrected chi connectivity index (χ3v) is 13.9. The lowest BCUT2D eigenvalue weighted by Gasteiger charge is -2.26. The van der Waals surface area contributed by atoms with Gasteiger partial charge in [0.05, 0.1) is 11.0 Å². The Labute approximate surface area is 356 Å². The number of pyridine rings is 1. The van der Waals surface area contributed by atoms with E-state index in [-0.39, 0.29) is 5.41 Å². The largest absolute Gasteiger partial charge is 0.278 e. The van der Waals surface area contributed by atoms with Gasteiger partial charge >= 0.3 is 0 Å². The molecule has 4 heterocycles. The van der Waals surface area contributed by atoms with Gasteiger partial charge < -0.3 is 0 Å². The van der Waals surface area contributed by atoms with Crippen molar-refractivity contribution >= 4 is 55.1 Å². The molecule has 0 radical (unpaired) electrons. The second-order valence-corrected chi connectivity index (χ2v) is 17.7. The molecule has 1 aliphatic carbocycles. The van der Waals surface area contributed by atoms with Gasteiger partial charge in [-0.1, -0.05) is 147 Å². The van der Waals surface area contributed by atoms with E-state index in [0.717, 1.165) is 48.9 Å². The van der Waals surface area contributed by atoms with E-state index < -0.39 is 0 Å². The van der Waals surface area contributed by atoms with Gasteiger partial charge in [-0.05, 0) is 104 Å². The quantitative estimate of drug-likeness (QED) is 0.177. The smallest absolute Gasteiger partial charge is 0.238 e. The Hall–Kier alpha value is -7.41. The highest BCUT2D eigenvalue weighted by atomic mass is 32.2. The van der Waals surface area contributed by atoms with Crippen molar-refractivity contribution in [2.75, 3.05) is 0 Å². The normalized spacial score (nSPS) is 13.5. The molecule has 0 atom stereocenters. The maximum Gasteiger partial charge on any atom is 0.238 e. The molecule has 0 bridgehead atoms. The first-order valence-electron chi connectivity index (χ1n) is 20.7. The minimum absolute atomic E-state index is 0.166. The summed E-state index contributed by atoms with van der Waals surface area (Å²) in [6.07, 6.45) is 1.90. The number of rotatable bonds is 4. The monoisotopic (exact) mass is 797 g/mol. The first-order valence-corrected chi connectivity index (χ1v) is 21.5. The summed E-state index contributed by atoms with van der Waals surface area (Å²) in [6.45, 7) is 4.77. The average Bonchev–Trinajstić information content (AvgIpc) is 3.75. The van der Waals surface area contributed by atoms with Gasteiger partial charge in [-0.25, -0.2) is 9.97 Å². The average molecular weight is 798 g/mol. The number of benzene rings is 8. The Morgan fingerprint density at radius 2 is 1.16 bits per heavy atom. The zero-order valence-electron chi connectivity index (χ0n) is 33.4. The number of fused-ring (bicyclic) bond motifs is 10. The molecule has 0 N–H and O–H groups in total. The molecule has 5 nitrogen and oxygen atoms in total. The Bertz CT molecular complexity index is 3590. The summed E-state index contributed by atoms with van der Waals surface area (Å²) in [7, 11) is 0. The molecule has 3 aromatic heterocycles. The van der Waals surface area contributed by atoms with E-state index in [2.05, 4.69) is 152 Å². The minimum Gasteiger partial charge on any atom is -0.278 e. The molecule has 2 aliphatic rings. The first kappa shape index (κ1) is 34.5. The third kappa shape index (κ3) is 5.09. The predicted molar refractivity (Wildman–Crippen MR) is 250 cm³/mol. The van der Waals surface area contributed by atoms with Crippen LogP contribution in [0.4, 0.5) is 0 Å². The number of aromatic nitrogens is 5. The lowest BCUT2D eigenvalue weighted by Crippen LogP contribution is -2.15. The van der Waals surface area contributed by atoms with Crippen molar-refractivity contribution in [1.82, 2.24) is 24.5 Å². The molecule has 13 rings (SSSR count). The second kappa shape index (κ2) is 12.8. The van der Waals surface area contributed by atoms with E-state index in [9.17, 15) is 0 Å². The van der Waals surface area contributed by atoms with E-state index in [0.29, 0.717) is 17.6 Å².